The fourth-order valence-electron chi connectivity index (χ4n) is 0. The molecule has 0 spiro atoms. The van der Waals surface area contributed by atoms with Gasteiger partial charge in [-0.25, -0.2) is 10.5 Å². The Morgan fingerprint density at radius 2 is 1.10 bits per heavy atom. The Labute approximate surface area is 63.6 Å². The smallest absolute Gasteiger partial charge is 0.229 e. The van der Waals surface area contributed by atoms with Crippen LogP contribution in [0.25, 0.3) is 0 Å². The van der Waals surface area contributed by atoms with Crippen LogP contribution in [0, 0.1) is 22.5 Å². The van der Waals surface area contributed by atoms with E-state index in [2.05, 4.69) is 15.7 Å². The molecule has 0 fully saturated rings. The van der Waals surface area contributed by atoms with Crippen LogP contribution >= 0.6 is 0 Å². The van der Waals surface area contributed by atoms with E-state index in [0.717, 1.165) is 0 Å². The third-order valence-corrected chi connectivity index (χ3v) is 0.167. The van der Waals surface area contributed by atoms with Gasteiger partial charge in [-0.3, -0.25) is 0 Å². The van der Waals surface area contributed by atoms with E-state index in [1.54, 1.807) is 0 Å². The van der Waals surface area contributed by atoms with Crippen molar-refractivity contribution >= 4 is 15.7 Å². The van der Waals surface area contributed by atoms with Gasteiger partial charge in [0.25, 0.3) is 0 Å². The number of nitriles is 2. The van der Waals surface area contributed by atoms with Gasteiger partial charge in [-0.2, -0.15) is 0 Å². The van der Waals surface area contributed by atoms with Crippen molar-refractivity contribution in [3.05, 3.63) is 0 Å². The summed E-state index contributed by atoms with van der Waals surface area (Å²) in [5, 5.41) is 14.2. The molecular formula is C4H8B2N4. The predicted molar refractivity (Wildman–Crippen MR) is 40.8 cm³/mol. The molecule has 0 heterocycles. The summed E-state index contributed by atoms with van der Waals surface area (Å²) in [7, 11) is 8.31. The molecule has 0 saturated heterocycles. The van der Waals surface area contributed by atoms with Crippen LogP contribution in [0.5, 0.6) is 0 Å². The average Bonchev–Trinajstić information content (AvgIpc) is 1.91. The normalized spacial score (nSPS) is 4.40. The maximum atomic E-state index is 7.10. The Kier molecular flexibility index (Phi) is 69.2. The summed E-state index contributed by atoms with van der Waals surface area (Å²) in [5.74, 6) is 2.50. The molecule has 0 aliphatic carbocycles. The first-order valence-electron chi connectivity index (χ1n) is 2.34. The van der Waals surface area contributed by atoms with Crippen molar-refractivity contribution in [2.45, 2.75) is 0 Å². The quantitative estimate of drug-likeness (QED) is 0.412. The van der Waals surface area contributed by atoms with Crippen LogP contribution in [0.1, 0.15) is 0 Å². The van der Waals surface area contributed by atoms with Gasteiger partial charge in [0, 0.05) is 13.1 Å². The van der Waals surface area contributed by atoms with Crippen molar-refractivity contribution in [2.75, 3.05) is 13.1 Å². The van der Waals surface area contributed by atoms with Crippen molar-refractivity contribution < 1.29 is 0 Å². The van der Waals surface area contributed by atoms with Crippen LogP contribution in [0.4, 0.5) is 0 Å². The Hall–Kier alpha value is -0.970. The van der Waals surface area contributed by atoms with Gasteiger partial charge in [-0.1, -0.05) is 0 Å². The summed E-state index contributed by atoms with van der Waals surface area (Å²) in [6.45, 7) is 1.19. The van der Waals surface area contributed by atoms with Gasteiger partial charge in [0.05, 0.1) is 0 Å². The molecule has 0 aromatic rings. The molecule has 0 saturated carbocycles. The van der Waals surface area contributed by atoms with E-state index >= 15 is 0 Å². The Bertz CT molecular complexity index is 88.8. The first-order valence-corrected chi connectivity index (χ1v) is 2.34. The summed E-state index contributed by atoms with van der Waals surface area (Å²) in [6.07, 6.45) is 0. The van der Waals surface area contributed by atoms with E-state index in [1.807, 2.05) is 0 Å². The highest BCUT2D eigenvalue weighted by Gasteiger charge is 1.54. The monoisotopic (exact) mass is 134 g/mol. The third kappa shape index (κ3) is 286000. The second kappa shape index (κ2) is 43.2. The van der Waals surface area contributed by atoms with E-state index in [4.69, 9.17) is 22.0 Å². The molecule has 0 aliphatic rings. The molecule has 0 rings (SSSR count). The summed E-state index contributed by atoms with van der Waals surface area (Å²) < 4.78 is 0. The van der Waals surface area contributed by atoms with Crippen molar-refractivity contribution in [3.63, 3.8) is 0 Å². The molecule has 0 amide bonds. The van der Waals surface area contributed by atoms with Crippen molar-refractivity contribution in [3.8, 4) is 11.9 Å². The van der Waals surface area contributed by atoms with Crippen molar-refractivity contribution in [2.24, 2.45) is 11.5 Å². The van der Waals surface area contributed by atoms with E-state index in [9.17, 15) is 0 Å². The second-order valence-corrected chi connectivity index (χ2v) is 0.836. The maximum Gasteiger partial charge on any atom is 0.229 e. The second-order valence-electron chi connectivity index (χ2n) is 0.836. The molecule has 0 aliphatic heterocycles. The lowest BCUT2D eigenvalue weighted by Gasteiger charge is -1.72. The molecule has 0 unspecified atom stereocenters. The molecule has 0 aromatic heterocycles. The standard InChI is InChI=1S/C2H8N2.2CBN/c3-1-2-4;2*2-1-3/h1-4H2;;. The molecule has 10 heavy (non-hydrogen) atoms. The highest BCUT2D eigenvalue weighted by Crippen LogP contribution is 1.24. The number of hydrogen-bond acceptors (Lipinski definition) is 4. The fourth-order valence-corrected chi connectivity index (χ4v) is 0. The van der Waals surface area contributed by atoms with Crippen LogP contribution in [-0.2, 0) is 0 Å². The summed E-state index contributed by atoms with van der Waals surface area (Å²) >= 11 is 0. The van der Waals surface area contributed by atoms with E-state index < -0.39 is 0 Å². The Morgan fingerprint density at radius 3 is 1.10 bits per heavy atom. The minimum Gasteiger partial charge on any atom is -0.329 e. The van der Waals surface area contributed by atoms with E-state index in [1.165, 1.54) is 11.9 Å². The lowest BCUT2D eigenvalue weighted by molar-refractivity contribution is 0.976. The van der Waals surface area contributed by atoms with Gasteiger partial charge < -0.3 is 11.5 Å². The SMILES string of the molecule is NCCN.[B]C#N.[B]C#N. The molecule has 0 aromatic carbocycles. The third-order valence-electron chi connectivity index (χ3n) is 0.167. The van der Waals surface area contributed by atoms with Gasteiger partial charge in [-0.05, 0) is 11.9 Å². The topological polar surface area (TPSA) is 99.6 Å². The van der Waals surface area contributed by atoms with Crippen molar-refractivity contribution in [1.82, 2.24) is 0 Å². The van der Waals surface area contributed by atoms with Crippen LogP contribution in [0.2, 0.25) is 0 Å². The van der Waals surface area contributed by atoms with Gasteiger partial charge >= 0.3 is 0 Å². The summed E-state index contributed by atoms with van der Waals surface area (Å²) in [6, 6.07) is 0. The fraction of sp³-hybridized carbons (Fsp3) is 0.500. The number of hydrogen-bond donors (Lipinski definition) is 2. The molecule has 6 heteroatoms. The molecule has 0 atom stereocenters. The van der Waals surface area contributed by atoms with Crippen LogP contribution < -0.4 is 11.5 Å². The predicted octanol–water partition coefficient (Wildman–Crippen LogP) is -1.82. The zero-order chi connectivity index (χ0) is 8.83. The molecule has 50 valence electrons. The lowest BCUT2D eigenvalue weighted by atomic mass is 10.2. The van der Waals surface area contributed by atoms with Gasteiger partial charge in [0.2, 0.25) is 15.7 Å². The average molecular weight is 134 g/mol. The molecule has 4 nitrogen and oxygen atoms in total. The zero-order valence-electron chi connectivity index (χ0n) is 5.62. The summed E-state index contributed by atoms with van der Waals surface area (Å²) in [5.41, 5.74) is 9.81. The minimum absolute atomic E-state index is 0.597. The van der Waals surface area contributed by atoms with E-state index in [0.29, 0.717) is 13.1 Å². The number of nitrogens with zero attached hydrogens (tertiary/aromatic N) is 2. The van der Waals surface area contributed by atoms with Crippen LogP contribution in [0.3, 0.4) is 0 Å². The van der Waals surface area contributed by atoms with Gasteiger partial charge in [-0.15, -0.1) is 0 Å². The molecule has 4 radical (unpaired) electrons. The largest absolute Gasteiger partial charge is 0.329 e. The summed E-state index contributed by atoms with van der Waals surface area (Å²) in [4.78, 5) is 0. The Morgan fingerprint density at radius 1 is 1.00 bits per heavy atom. The molecule has 0 bridgehead atoms. The highest BCUT2D eigenvalue weighted by molar-refractivity contribution is 6.20. The highest BCUT2D eigenvalue weighted by atomic mass is 14.6. The number of nitrogens with two attached hydrogens (primary N) is 2. The maximum absolute atomic E-state index is 7.10. The zero-order valence-corrected chi connectivity index (χ0v) is 5.62. The molecular weight excluding hydrogens is 126 g/mol. The van der Waals surface area contributed by atoms with Crippen LogP contribution in [-0.4, -0.2) is 28.8 Å². The first-order chi connectivity index (χ1) is 4.74. The Balaban J connectivity index is -0.0000000750. The molecule has 4 N–H and O–H groups in total. The minimum atomic E-state index is 0.597. The number of rotatable bonds is 1. The van der Waals surface area contributed by atoms with Gasteiger partial charge in [0.1, 0.15) is 0 Å². The first kappa shape index (κ1) is 16.0. The van der Waals surface area contributed by atoms with Crippen molar-refractivity contribution in [1.29, 1.82) is 10.5 Å². The van der Waals surface area contributed by atoms with E-state index in [-0.39, 0.29) is 0 Å². The van der Waals surface area contributed by atoms with Crippen LogP contribution in [0.15, 0.2) is 0 Å². The van der Waals surface area contributed by atoms with Gasteiger partial charge in [0.15, 0.2) is 0 Å². The lowest BCUT2D eigenvalue weighted by Crippen LogP contribution is -2.11.